The summed E-state index contributed by atoms with van der Waals surface area (Å²) in [7, 11) is 0. The van der Waals surface area contributed by atoms with Gasteiger partial charge in [0, 0.05) is 43.6 Å². The summed E-state index contributed by atoms with van der Waals surface area (Å²) in [4.78, 5) is 7.44. The zero-order valence-corrected chi connectivity index (χ0v) is 18.6. The molecule has 2 aliphatic carbocycles. The summed E-state index contributed by atoms with van der Waals surface area (Å²) in [6.45, 7) is 11.1. The second-order valence-corrected chi connectivity index (χ2v) is 9.22. The van der Waals surface area contributed by atoms with Crippen LogP contribution in [0.2, 0.25) is 0 Å². The van der Waals surface area contributed by atoms with Gasteiger partial charge in [0.15, 0.2) is 5.96 Å². The number of fused-ring (bicyclic) bond motifs is 1. The highest BCUT2D eigenvalue weighted by molar-refractivity contribution is 14.0. The van der Waals surface area contributed by atoms with Crippen molar-refractivity contribution in [3.8, 4) is 0 Å². The fourth-order valence-electron chi connectivity index (χ4n) is 5.97. The first-order valence-corrected chi connectivity index (χ1v) is 10.2. The molecule has 2 saturated heterocycles. The van der Waals surface area contributed by atoms with Gasteiger partial charge in [-0.1, -0.05) is 33.1 Å². The molecule has 0 aromatic rings. The summed E-state index contributed by atoms with van der Waals surface area (Å²) < 4.78 is 5.96. The molecule has 4 fully saturated rings. The highest BCUT2D eigenvalue weighted by Crippen LogP contribution is 2.52. The maximum Gasteiger partial charge on any atom is 0.194 e. The van der Waals surface area contributed by atoms with E-state index < -0.39 is 0 Å². The number of halogens is 1. The smallest absolute Gasteiger partial charge is 0.194 e. The van der Waals surface area contributed by atoms with Gasteiger partial charge in [0.25, 0.3) is 0 Å². The third-order valence-corrected chi connectivity index (χ3v) is 7.35. The molecule has 3 atom stereocenters. The summed E-state index contributed by atoms with van der Waals surface area (Å²) in [6.07, 6.45) is 10.2. The van der Waals surface area contributed by atoms with Gasteiger partial charge in [-0.25, -0.2) is 0 Å². The second kappa shape index (κ2) is 7.53. The highest BCUT2D eigenvalue weighted by atomic mass is 127. The molecule has 0 radical (unpaired) electrons. The Kier molecular flexibility index (Phi) is 5.94. The van der Waals surface area contributed by atoms with E-state index in [1.54, 1.807) is 0 Å². The number of ether oxygens (including phenoxy) is 1. The van der Waals surface area contributed by atoms with E-state index >= 15 is 0 Å². The summed E-state index contributed by atoms with van der Waals surface area (Å²) in [5, 5.41) is 3.88. The average Bonchev–Trinajstić information content (AvgIpc) is 3.18. The SMILES string of the molecule is CCN=C(NC1C2CCOC2C1(C)C)N1CCC2(CCCCC2)C1.I. The zero-order chi connectivity index (χ0) is 16.8. The maximum atomic E-state index is 5.96. The molecule has 25 heavy (non-hydrogen) atoms. The van der Waals surface area contributed by atoms with Crippen molar-refractivity contribution in [2.45, 2.75) is 77.9 Å². The quantitative estimate of drug-likeness (QED) is 0.383. The Balaban J connectivity index is 0.00000182. The van der Waals surface area contributed by atoms with E-state index in [1.807, 2.05) is 0 Å². The van der Waals surface area contributed by atoms with Crippen LogP contribution >= 0.6 is 24.0 Å². The van der Waals surface area contributed by atoms with Gasteiger partial charge in [0.2, 0.25) is 0 Å². The number of rotatable bonds is 2. The monoisotopic (exact) mass is 461 g/mol. The van der Waals surface area contributed by atoms with E-state index in [-0.39, 0.29) is 29.4 Å². The summed E-state index contributed by atoms with van der Waals surface area (Å²) >= 11 is 0. The van der Waals surface area contributed by atoms with Crippen LogP contribution in [-0.4, -0.2) is 49.2 Å². The number of likely N-dealkylation sites (tertiary alicyclic amines) is 1. The highest BCUT2D eigenvalue weighted by Gasteiger charge is 2.60. The predicted octanol–water partition coefficient (Wildman–Crippen LogP) is 4.04. The van der Waals surface area contributed by atoms with Crippen LogP contribution in [0.25, 0.3) is 0 Å². The molecule has 4 rings (SSSR count). The minimum Gasteiger partial charge on any atom is -0.377 e. The van der Waals surface area contributed by atoms with Crippen molar-refractivity contribution in [2.24, 2.45) is 21.7 Å². The summed E-state index contributed by atoms with van der Waals surface area (Å²) in [6, 6.07) is 0.512. The first-order chi connectivity index (χ1) is 11.6. The van der Waals surface area contributed by atoms with Crippen molar-refractivity contribution in [2.75, 3.05) is 26.2 Å². The molecule has 0 aromatic heterocycles. The van der Waals surface area contributed by atoms with Gasteiger partial charge in [-0.3, -0.25) is 4.99 Å². The maximum absolute atomic E-state index is 5.96. The number of aliphatic imine (C=N–C) groups is 1. The lowest BCUT2D eigenvalue weighted by Crippen LogP contribution is -2.68. The van der Waals surface area contributed by atoms with Gasteiger partial charge in [0.1, 0.15) is 0 Å². The lowest BCUT2D eigenvalue weighted by molar-refractivity contribution is -0.107. The molecule has 5 heteroatoms. The van der Waals surface area contributed by atoms with Crippen LogP contribution in [0.1, 0.15) is 65.7 Å². The van der Waals surface area contributed by atoms with E-state index in [9.17, 15) is 0 Å². The molecule has 2 heterocycles. The Morgan fingerprint density at radius 1 is 1.20 bits per heavy atom. The van der Waals surface area contributed by atoms with E-state index in [0.29, 0.717) is 23.5 Å². The second-order valence-electron chi connectivity index (χ2n) is 9.22. The van der Waals surface area contributed by atoms with Crippen molar-refractivity contribution in [3.05, 3.63) is 0 Å². The van der Waals surface area contributed by atoms with Crippen molar-refractivity contribution in [1.82, 2.24) is 10.2 Å². The minimum atomic E-state index is 0. The number of hydrogen-bond donors (Lipinski definition) is 1. The van der Waals surface area contributed by atoms with Gasteiger partial charge in [0.05, 0.1) is 6.10 Å². The van der Waals surface area contributed by atoms with Gasteiger partial charge in [-0.2, -0.15) is 0 Å². The Morgan fingerprint density at radius 2 is 1.96 bits per heavy atom. The number of guanidine groups is 1. The zero-order valence-electron chi connectivity index (χ0n) is 16.2. The topological polar surface area (TPSA) is 36.9 Å². The molecular formula is C20H36IN3O. The number of hydrogen-bond acceptors (Lipinski definition) is 2. The average molecular weight is 461 g/mol. The number of nitrogens with one attached hydrogen (secondary N) is 1. The predicted molar refractivity (Wildman–Crippen MR) is 114 cm³/mol. The minimum absolute atomic E-state index is 0. The van der Waals surface area contributed by atoms with Gasteiger partial charge >= 0.3 is 0 Å². The molecule has 0 amide bonds. The van der Waals surface area contributed by atoms with Crippen LogP contribution < -0.4 is 5.32 Å². The van der Waals surface area contributed by atoms with Gasteiger partial charge in [-0.05, 0) is 38.0 Å². The lowest BCUT2D eigenvalue weighted by atomic mass is 9.57. The first-order valence-electron chi connectivity index (χ1n) is 10.2. The Bertz CT molecular complexity index is 501. The molecule has 2 aliphatic heterocycles. The van der Waals surface area contributed by atoms with E-state index in [2.05, 4.69) is 31.0 Å². The Morgan fingerprint density at radius 3 is 2.68 bits per heavy atom. The van der Waals surface area contributed by atoms with Crippen LogP contribution in [-0.2, 0) is 4.74 Å². The van der Waals surface area contributed by atoms with Crippen LogP contribution in [0.5, 0.6) is 0 Å². The molecular weight excluding hydrogens is 425 g/mol. The first kappa shape index (κ1) is 19.7. The molecule has 4 aliphatic rings. The third kappa shape index (κ3) is 3.44. The number of nitrogens with zero attached hydrogens (tertiary/aromatic N) is 2. The molecule has 1 N–H and O–H groups in total. The van der Waals surface area contributed by atoms with E-state index in [4.69, 9.17) is 9.73 Å². The van der Waals surface area contributed by atoms with Gasteiger partial charge in [-0.15, -0.1) is 24.0 Å². The van der Waals surface area contributed by atoms with Crippen molar-refractivity contribution in [1.29, 1.82) is 0 Å². The standard InChI is InChI=1S/C20H35N3O.HI/c1-4-21-18(22-16-15-8-13-24-17(15)19(16,2)3)23-12-11-20(14-23)9-6-5-7-10-20;/h15-17H,4-14H2,1-3H3,(H,21,22);1H. The van der Waals surface area contributed by atoms with Crippen LogP contribution in [0.3, 0.4) is 0 Å². The van der Waals surface area contributed by atoms with Crippen LogP contribution in [0.4, 0.5) is 0 Å². The largest absolute Gasteiger partial charge is 0.377 e. The van der Waals surface area contributed by atoms with Crippen LogP contribution in [0.15, 0.2) is 4.99 Å². The van der Waals surface area contributed by atoms with Gasteiger partial charge < -0.3 is 15.0 Å². The normalized spacial score (nSPS) is 35.9. The molecule has 144 valence electrons. The molecule has 0 bridgehead atoms. The van der Waals surface area contributed by atoms with E-state index in [1.165, 1.54) is 64.0 Å². The molecule has 0 aromatic carbocycles. The van der Waals surface area contributed by atoms with Crippen molar-refractivity contribution in [3.63, 3.8) is 0 Å². The molecule has 4 nitrogen and oxygen atoms in total. The summed E-state index contributed by atoms with van der Waals surface area (Å²) in [5.41, 5.74) is 0.806. The lowest BCUT2D eigenvalue weighted by Gasteiger charge is -2.55. The van der Waals surface area contributed by atoms with E-state index in [0.717, 1.165) is 13.2 Å². The molecule has 3 unspecified atom stereocenters. The van der Waals surface area contributed by atoms with Crippen LogP contribution in [0, 0.1) is 16.7 Å². The summed E-state index contributed by atoms with van der Waals surface area (Å²) in [5.74, 6) is 1.84. The third-order valence-electron chi connectivity index (χ3n) is 7.35. The van der Waals surface area contributed by atoms with Crippen molar-refractivity contribution < 1.29 is 4.74 Å². The fourth-order valence-corrected chi connectivity index (χ4v) is 5.97. The Labute approximate surface area is 170 Å². The molecule has 2 saturated carbocycles. The Hall–Kier alpha value is -0.0400. The fraction of sp³-hybridized carbons (Fsp3) is 0.950. The van der Waals surface area contributed by atoms with Crippen molar-refractivity contribution >= 4 is 29.9 Å². The molecule has 1 spiro atoms.